The Morgan fingerprint density at radius 3 is 2.52 bits per heavy atom. The normalized spacial score (nSPS) is 10.5. The van der Waals surface area contributed by atoms with Crippen molar-refractivity contribution >= 4 is 39.9 Å². The number of carbonyl (C=O) groups is 2. The number of benzene rings is 3. The van der Waals surface area contributed by atoms with Gasteiger partial charge in [0.1, 0.15) is 5.75 Å². The van der Waals surface area contributed by atoms with E-state index in [1.807, 2.05) is 31.2 Å². The number of methoxy groups -OCH3 is 1. The first-order chi connectivity index (χ1) is 13.0. The lowest BCUT2D eigenvalue weighted by atomic mass is 10.0. The van der Waals surface area contributed by atoms with E-state index in [1.165, 1.54) is 0 Å². The summed E-state index contributed by atoms with van der Waals surface area (Å²) in [6, 6.07) is 15.9. The van der Waals surface area contributed by atoms with Gasteiger partial charge in [-0.2, -0.15) is 0 Å². The molecule has 0 heterocycles. The van der Waals surface area contributed by atoms with Crippen molar-refractivity contribution in [3.63, 3.8) is 0 Å². The Labute approximate surface area is 161 Å². The number of aryl methyl sites for hydroxylation is 1. The quantitative estimate of drug-likeness (QED) is 0.653. The number of carbonyl (C=O) groups excluding carboxylic acids is 2. The van der Waals surface area contributed by atoms with E-state index in [1.54, 1.807) is 37.4 Å². The van der Waals surface area contributed by atoms with E-state index in [4.69, 9.17) is 21.1 Å². The maximum Gasteiger partial charge on any atom is 0.339 e. The zero-order valence-electron chi connectivity index (χ0n) is 14.9. The number of esters is 1. The Bertz CT molecular complexity index is 1020. The number of nitrogens with one attached hydrogen (secondary N) is 1. The van der Waals surface area contributed by atoms with Crippen LogP contribution in [-0.4, -0.2) is 25.6 Å². The van der Waals surface area contributed by atoms with Crippen LogP contribution in [-0.2, 0) is 9.53 Å². The van der Waals surface area contributed by atoms with Crippen LogP contribution in [0.25, 0.3) is 10.8 Å². The number of anilines is 1. The molecule has 0 bridgehead atoms. The van der Waals surface area contributed by atoms with Gasteiger partial charge in [0, 0.05) is 16.1 Å². The smallest absolute Gasteiger partial charge is 0.339 e. The highest BCUT2D eigenvalue weighted by Gasteiger charge is 2.16. The molecule has 3 aromatic carbocycles. The van der Waals surface area contributed by atoms with Crippen molar-refractivity contribution in [3.8, 4) is 5.75 Å². The molecule has 27 heavy (non-hydrogen) atoms. The molecule has 0 radical (unpaired) electrons. The summed E-state index contributed by atoms with van der Waals surface area (Å²) in [6.07, 6.45) is 0. The predicted octanol–water partition coefficient (Wildman–Crippen LogP) is 4.61. The van der Waals surface area contributed by atoms with Crippen LogP contribution in [0.15, 0.2) is 54.6 Å². The third-order valence-electron chi connectivity index (χ3n) is 4.13. The summed E-state index contributed by atoms with van der Waals surface area (Å²) in [5.41, 5.74) is 1.82. The van der Waals surface area contributed by atoms with Crippen molar-refractivity contribution in [2.45, 2.75) is 6.92 Å². The van der Waals surface area contributed by atoms with E-state index in [9.17, 15) is 9.59 Å². The monoisotopic (exact) mass is 383 g/mol. The van der Waals surface area contributed by atoms with Crippen LogP contribution in [0, 0.1) is 6.92 Å². The molecule has 0 saturated heterocycles. The molecule has 3 rings (SSSR count). The molecule has 5 nitrogen and oxygen atoms in total. The number of hydrogen-bond acceptors (Lipinski definition) is 4. The molecule has 0 aromatic heterocycles. The fourth-order valence-electron chi connectivity index (χ4n) is 2.75. The van der Waals surface area contributed by atoms with Gasteiger partial charge < -0.3 is 14.8 Å². The Morgan fingerprint density at radius 1 is 1.04 bits per heavy atom. The first-order valence-corrected chi connectivity index (χ1v) is 8.66. The molecule has 0 spiro atoms. The van der Waals surface area contributed by atoms with Gasteiger partial charge in [-0.25, -0.2) is 4.79 Å². The van der Waals surface area contributed by atoms with Crippen molar-refractivity contribution in [2.75, 3.05) is 19.0 Å². The third-order valence-corrected chi connectivity index (χ3v) is 4.37. The molecule has 0 fully saturated rings. The first kappa shape index (κ1) is 18.7. The average Bonchev–Trinajstić information content (AvgIpc) is 2.68. The lowest BCUT2D eigenvalue weighted by molar-refractivity contribution is -0.119. The summed E-state index contributed by atoms with van der Waals surface area (Å²) in [5, 5.41) is 4.71. The topological polar surface area (TPSA) is 64.6 Å². The SMILES string of the molecule is COc1ccc(C(=O)OCC(=O)Nc2cc(Cl)ccc2C)c2ccccc12. The second-order valence-corrected chi connectivity index (χ2v) is 6.38. The van der Waals surface area contributed by atoms with Gasteiger partial charge in [0.2, 0.25) is 0 Å². The van der Waals surface area contributed by atoms with Crippen molar-refractivity contribution < 1.29 is 19.1 Å². The van der Waals surface area contributed by atoms with Gasteiger partial charge in [0.05, 0.1) is 12.7 Å². The maximum atomic E-state index is 12.5. The summed E-state index contributed by atoms with van der Waals surface area (Å²) in [5.74, 6) is -0.352. The molecule has 138 valence electrons. The summed E-state index contributed by atoms with van der Waals surface area (Å²) >= 11 is 5.94. The minimum absolute atomic E-state index is 0.373. The molecule has 6 heteroatoms. The Morgan fingerprint density at radius 2 is 1.78 bits per heavy atom. The number of amides is 1. The maximum absolute atomic E-state index is 12.5. The van der Waals surface area contributed by atoms with E-state index in [2.05, 4.69) is 5.32 Å². The van der Waals surface area contributed by atoms with Gasteiger partial charge in [-0.15, -0.1) is 0 Å². The highest BCUT2D eigenvalue weighted by atomic mass is 35.5. The molecule has 0 aliphatic carbocycles. The molecule has 0 aliphatic rings. The molecule has 1 amide bonds. The molecule has 3 aromatic rings. The van der Waals surface area contributed by atoms with Crippen molar-refractivity contribution in [3.05, 3.63) is 70.7 Å². The van der Waals surface area contributed by atoms with E-state index >= 15 is 0 Å². The van der Waals surface area contributed by atoms with Crippen molar-refractivity contribution in [2.24, 2.45) is 0 Å². The lowest BCUT2D eigenvalue weighted by Gasteiger charge is -2.11. The van der Waals surface area contributed by atoms with Crippen LogP contribution < -0.4 is 10.1 Å². The van der Waals surface area contributed by atoms with Gasteiger partial charge in [-0.3, -0.25) is 4.79 Å². The lowest BCUT2D eigenvalue weighted by Crippen LogP contribution is -2.21. The van der Waals surface area contributed by atoms with Crippen LogP contribution in [0.3, 0.4) is 0 Å². The summed E-state index contributed by atoms with van der Waals surface area (Å²) in [6.45, 7) is 1.45. The van der Waals surface area contributed by atoms with Gasteiger partial charge >= 0.3 is 5.97 Å². The van der Waals surface area contributed by atoms with E-state index in [0.717, 1.165) is 10.9 Å². The molecule has 0 aliphatic heterocycles. The second kappa shape index (κ2) is 8.10. The average molecular weight is 384 g/mol. The zero-order chi connectivity index (χ0) is 19.4. The number of ether oxygens (including phenoxy) is 2. The summed E-state index contributed by atoms with van der Waals surface area (Å²) < 4.78 is 10.5. The number of hydrogen-bond donors (Lipinski definition) is 1. The second-order valence-electron chi connectivity index (χ2n) is 5.94. The van der Waals surface area contributed by atoms with Crippen LogP contribution in [0.2, 0.25) is 5.02 Å². The third kappa shape index (κ3) is 4.20. The van der Waals surface area contributed by atoms with E-state index in [-0.39, 0.29) is 0 Å². The fourth-order valence-corrected chi connectivity index (χ4v) is 2.92. The molecular formula is C21H18ClNO4. The number of rotatable bonds is 5. The van der Waals surface area contributed by atoms with E-state index in [0.29, 0.717) is 27.4 Å². The van der Waals surface area contributed by atoms with Gasteiger partial charge in [-0.05, 0) is 42.1 Å². The predicted molar refractivity (Wildman–Crippen MR) is 106 cm³/mol. The summed E-state index contributed by atoms with van der Waals surface area (Å²) in [4.78, 5) is 24.6. The van der Waals surface area contributed by atoms with Crippen LogP contribution >= 0.6 is 11.6 Å². The largest absolute Gasteiger partial charge is 0.496 e. The number of halogens is 1. The zero-order valence-corrected chi connectivity index (χ0v) is 15.7. The minimum atomic E-state index is -0.577. The molecule has 0 unspecified atom stereocenters. The fraction of sp³-hybridized carbons (Fsp3) is 0.143. The van der Waals surface area contributed by atoms with Gasteiger partial charge in [-0.1, -0.05) is 41.9 Å². The molecule has 0 saturated carbocycles. The van der Waals surface area contributed by atoms with Crippen molar-refractivity contribution in [1.82, 2.24) is 0 Å². The summed E-state index contributed by atoms with van der Waals surface area (Å²) in [7, 11) is 1.57. The van der Waals surface area contributed by atoms with Crippen LogP contribution in [0.5, 0.6) is 5.75 Å². The van der Waals surface area contributed by atoms with Crippen molar-refractivity contribution in [1.29, 1.82) is 0 Å². The Hall–Kier alpha value is -3.05. The number of fused-ring (bicyclic) bond motifs is 1. The van der Waals surface area contributed by atoms with Crippen LogP contribution in [0.4, 0.5) is 5.69 Å². The minimum Gasteiger partial charge on any atom is -0.496 e. The molecular weight excluding hydrogens is 366 g/mol. The molecule has 1 N–H and O–H groups in total. The standard InChI is InChI=1S/C21H18ClNO4/c1-13-7-8-14(22)11-18(13)23-20(24)12-27-21(25)17-9-10-19(26-2)16-6-4-3-5-15(16)17/h3-11H,12H2,1-2H3,(H,23,24). The highest BCUT2D eigenvalue weighted by molar-refractivity contribution is 6.31. The Balaban J connectivity index is 1.72. The van der Waals surface area contributed by atoms with E-state index < -0.39 is 18.5 Å². The van der Waals surface area contributed by atoms with Gasteiger partial charge in [0.25, 0.3) is 5.91 Å². The first-order valence-electron chi connectivity index (χ1n) is 8.28. The van der Waals surface area contributed by atoms with Gasteiger partial charge in [0.15, 0.2) is 6.61 Å². The van der Waals surface area contributed by atoms with Crippen LogP contribution in [0.1, 0.15) is 15.9 Å². The molecule has 0 atom stereocenters. The Kier molecular flexibility index (Phi) is 5.62. The highest BCUT2D eigenvalue weighted by Crippen LogP contribution is 2.28.